The van der Waals surface area contributed by atoms with Crippen molar-refractivity contribution in [1.82, 2.24) is 9.78 Å². The van der Waals surface area contributed by atoms with Gasteiger partial charge >= 0.3 is 0 Å². The first-order valence-electron chi connectivity index (χ1n) is 6.13. The van der Waals surface area contributed by atoms with E-state index in [2.05, 4.69) is 21.0 Å². The highest BCUT2D eigenvalue weighted by Crippen LogP contribution is 2.17. The van der Waals surface area contributed by atoms with Gasteiger partial charge in [0.05, 0.1) is 10.7 Å². The van der Waals surface area contributed by atoms with Crippen LogP contribution in [0.2, 0.25) is 0 Å². The summed E-state index contributed by atoms with van der Waals surface area (Å²) in [7, 11) is 0. The van der Waals surface area contributed by atoms with Gasteiger partial charge in [0, 0.05) is 17.9 Å². The zero-order valence-electron chi connectivity index (χ0n) is 11.0. The van der Waals surface area contributed by atoms with Crippen LogP contribution in [0, 0.1) is 0 Å². The number of halogens is 1. The first kappa shape index (κ1) is 13.8. The van der Waals surface area contributed by atoms with E-state index < -0.39 is 0 Å². The molecule has 5 heteroatoms. The Morgan fingerprint density at radius 3 is 2.58 bits per heavy atom. The molecule has 2 aromatic rings. The lowest BCUT2D eigenvalue weighted by Crippen LogP contribution is -2.39. The van der Waals surface area contributed by atoms with Gasteiger partial charge in [0.25, 0.3) is 0 Å². The number of anilines is 1. The second-order valence-corrected chi connectivity index (χ2v) is 5.46. The van der Waals surface area contributed by atoms with Crippen molar-refractivity contribution >= 4 is 27.5 Å². The van der Waals surface area contributed by atoms with Gasteiger partial charge in [-0.25, -0.2) is 0 Å². The lowest BCUT2D eigenvalue weighted by molar-refractivity contribution is -0.119. The number of carbonyl (C=O) groups excluding carboxylic acids is 1. The highest BCUT2D eigenvalue weighted by atomic mass is 79.9. The van der Waals surface area contributed by atoms with Gasteiger partial charge in [-0.05, 0) is 41.9 Å². The summed E-state index contributed by atoms with van der Waals surface area (Å²) in [5.74, 6) is 0.0248. The van der Waals surface area contributed by atoms with E-state index in [1.165, 1.54) is 0 Å². The monoisotopic (exact) mass is 321 g/mol. The molecule has 0 aliphatic heterocycles. The maximum atomic E-state index is 12.4. The minimum absolute atomic E-state index is 0.0248. The average molecular weight is 322 g/mol. The first-order valence-corrected chi connectivity index (χ1v) is 6.92. The Labute approximate surface area is 121 Å². The Kier molecular flexibility index (Phi) is 4.37. The molecule has 0 fully saturated rings. The molecular formula is C14H16BrN3O. The van der Waals surface area contributed by atoms with Crippen LogP contribution >= 0.6 is 15.9 Å². The third-order valence-corrected chi connectivity index (χ3v) is 3.13. The molecule has 0 spiro atoms. The van der Waals surface area contributed by atoms with Crippen molar-refractivity contribution in [1.29, 1.82) is 0 Å². The van der Waals surface area contributed by atoms with Crippen molar-refractivity contribution in [2.75, 3.05) is 4.90 Å². The predicted molar refractivity (Wildman–Crippen MR) is 79.0 cm³/mol. The highest BCUT2D eigenvalue weighted by molar-refractivity contribution is 9.10. The summed E-state index contributed by atoms with van der Waals surface area (Å²) in [6.07, 6.45) is 3.47. The fourth-order valence-corrected chi connectivity index (χ4v) is 2.29. The topological polar surface area (TPSA) is 38.1 Å². The minimum Gasteiger partial charge on any atom is -0.308 e. The molecule has 2 rings (SSSR count). The zero-order chi connectivity index (χ0) is 13.8. The molecule has 0 aliphatic carbocycles. The van der Waals surface area contributed by atoms with Crippen LogP contribution in [-0.2, 0) is 11.3 Å². The van der Waals surface area contributed by atoms with Crippen LogP contribution in [0.4, 0.5) is 5.69 Å². The fraction of sp³-hybridized carbons (Fsp3) is 0.286. The van der Waals surface area contributed by atoms with Gasteiger partial charge in [-0.3, -0.25) is 9.48 Å². The molecular weight excluding hydrogens is 306 g/mol. The van der Waals surface area contributed by atoms with Crippen LogP contribution in [0.15, 0.2) is 47.2 Å². The molecule has 1 aromatic carbocycles. The molecule has 100 valence electrons. The molecule has 4 nitrogen and oxygen atoms in total. The number of hydrogen-bond donors (Lipinski definition) is 0. The first-order chi connectivity index (χ1) is 9.08. The lowest BCUT2D eigenvalue weighted by atomic mass is 10.2. The summed E-state index contributed by atoms with van der Waals surface area (Å²) in [6.45, 7) is 4.24. The molecule has 0 aliphatic rings. The van der Waals surface area contributed by atoms with E-state index in [1.807, 2.05) is 44.2 Å². The van der Waals surface area contributed by atoms with Crippen LogP contribution in [-0.4, -0.2) is 21.7 Å². The molecule has 0 bridgehead atoms. The Hall–Kier alpha value is -1.62. The maximum absolute atomic E-state index is 12.4. The molecule has 1 aromatic heterocycles. The minimum atomic E-state index is 0.0248. The molecule has 0 atom stereocenters. The molecule has 0 radical (unpaired) electrons. The fourth-order valence-electron chi connectivity index (χ4n) is 1.96. The standard InChI is InChI=1S/C14H16BrN3O/c1-11(2)18(13-6-4-3-5-7-13)14(19)10-17-9-12(15)8-16-17/h3-9,11H,10H2,1-2H3. The van der Waals surface area contributed by atoms with E-state index >= 15 is 0 Å². The second-order valence-electron chi connectivity index (χ2n) is 4.55. The van der Waals surface area contributed by atoms with Gasteiger partial charge in [-0.15, -0.1) is 0 Å². The van der Waals surface area contributed by atoms with E-state index in [9.17, 15) is 4.79 Å². The highest BCUT2D eigenvalue weighted by Gasteiger charge is 2.19. The van der Waals surface area contributed by atoms with Crippen LogP contribution in [0.1, 0.15) is 13.8 Å². The van der Waals surface area contributed by atoms with Gasteiger partial charge in [0.15, 0.2) is 0 Å². The number of hydrogen-bond acceptors (Lipinski definition) is 2. The lowest BCUT2D eigenvalue weighted by Gasteiger charge is -2.26. The maximum Gasteiger partial charge on any atom is 0.248 e. The average Bonchev–Trinajstić information content (AvgIpc) is 2.75. The second kappa shape index (κ2) is 6.02. The van der Waals surface area contributed by atoms with Crippen LogP contribution < -0.4 is 4.90 Å². The number of rotatable bonds is 4. The molecule has 0 saturated carbocycles. The molecule has 19 heavy (non-hydrogen) atoms. The largest absolute Gasteiger partial charge is 0.308 e. The van der Waals surface area contributed by atoms with Crippen LogP contribution in [0.5, 0.6) is 0 Å². The Balaban J connectivity index is 2.18. The van der Waals surface area contributed by atoms with Crippen molar-refractivity contribution in [2.24, 2.45) is 0 Å². The Morgan fingerprint density at radius 2 is 2.05 bits per heavy atom. The van der Waals surface area contributed by atoms with E-state index in [4.69, 9.17) is 0 Å². The van der Waals surface area contributed by atoms with Gasteiger partial charge in [-0.2, -0.15) is 5.10 Å². The molecule has 1 amide bonds. The van der Waals surface area contributed by atoms with Gasteiger partial charge < -0.3 is 4.90 Å². The van der Waals surface area contributed by atoms with Gasteiger partial charge in [0.1, 0.15) is 6.54 Å². The van der Waals surface area contributed by atoms with Crippen LogP contribution in [0.25, 0.3) is 0 Å². The van der Waals surface area contributed by atoms with Crippen molar-refractivity contribution in [2.45, 2.75) is 26.4 Å². The van der Waals surface area contributed by atoms with E-state index in [0.717, 1.165) is 10.2 Å². The predicted octanol–water partition coefficient (Wildman–Crippen LogP) is 3.09. The van der Waals surface area contributed by atoms with Crippen molar-refractivity contribution in [3.63, 3.8) is 0 Å². The number of para-hydroxylation sites is 1. The van der Waals surface area contributed by atoms with Crippen molar-refractivity contribution < 1.29 is 4.79 Å². The molecule has 0 saturated heterocycles. The summed E-state index contributed by atoms with van der Waals surface area (Å²) >= 11 is 3.32. The van der Waals surface area contributed by atoms with Gasteiger partial charge in [0.2, 0.25) is 5.91 Å². The number of benzene rings is 1. The molecule has 1 heterocycles. The third-order valence-electron chi connectivity index (χ3n) is 2.72. The quantitative estimate of drug-likeness (QED) is 0.867. The normalized spacial score (nSPS) is 10.7. The SMILES string of the molecule is CC(C)N(C(=O)Cn1cc(Br)cn1)c1ccccc1. The number of amides is 1. The summed E-state index contributed by atoms with van der Waals surface area (Å²) in [4.78, 5) is 14.2. The van der Waals surface area contributed by atoms with E-state index in [1.54, 1.807) is 22.0 Å². The number of nitrogens with zero attached hydrogens (tertiary/aromatic N) is 3. The Bertz CT molecular complexity index is 551. The molecule has 0 unspecified atom stereocenters. The van der Waals surface area contributed by atoms with Crippen LogP contribution in [0.3, 0.4) is 0 Å². The Morgan fingerprint density at radius 1 is 1.37 bits per heavy atom. The number of carbonyl (C=O) groups is 1. The summed E-state index contributed by atoms with van der Waals surface area (Å²) in [5, 5.41) is 4.11. The van der Waals surface area contributed by atoms with Crippen molar-refractivity contribution in [3.8, 4) is 0 Å². The van der Waals surface area contributed by atoms with Crippen molar-refractivity contribution in [3.05, 3.63) is 47.2 Å². The summed E-state index contributed by atoms with van der Waals surface area (Å²) in [5.41, 5.74) is 0.911. The van der Waals surface area contributed by atoms with E-state index in [0.29, 0.717) is 0 Å². The summed E-state index contributed by atoms with van der Waals surface area (Å²) in [6, 6.07) is 9.80. The third kappa shape index (κ3) is 3.44. The number of aromatic nitrogens is 2. The molecule has 0 N–H and O–H groups in total. The zero-order valence-corrected chi connectivity index (χ0v) is 12.5. The van der Waals surface area contributed by atoms with E-state index in [-0.39, 0.29) is 18.5 Å². The van der Waals surface area contributed by atoms with Gasteiger partial charge in [-0.1, -0.05) is 18.2 Å². The summed E-state index contributed by atoms with van der Waals surface area (Å²) < 4.78 is 2.50. The smallest absolute Gasteiger partial charge is 0.248 e.